The molecule has 2 aromatic rings. The fourth-order valence-electron chi connectivity index (χ4n) is 3.77. The number of aromatic nitrogens is 2. The predicted octanol–water partition coefficient (Wildman–Crippen LogP) is 1.74. The number of aliphatic carboxylic acids is 1. The molecule has 2 aliphatic rings. The molecule has 2 N–H and O–H groups in total. The van der Waals surface area contributed by atoms with E-state index in [2.05, 4.69) is 15.3 Å². The summed E-state index contributed by atoms with van der Waals surface area (Å²) in [4.78, 5) is 38.3. The predicted molar refractivity (Wildman–Crippen MR) is 106 cm³/mol. The number of anilines is 2. The monoisotopic (exact) mass is 407 g/mol. The maximum absolute atomic E-state index is 12.1. The first-order chi connectivity index (χ1) is 12.9. The number of hydrogen-bond acceptors (Lipinski definition) is 5. The standard InChI is InChI=1S/C18H21N5O4.ClH/c1-21-14-10-12(22-7-4-11(5-8-22)17(25)26)2-3-13(14)16(20-21)23-9-6-15(24)19-18(23)27;/h2-3,10-11H,4-9H2,1H3,(H,25,26)(H,19,24,27);1H. The Bertz CT molecular complexity index is 935. The molecule has 28 heavy (non-hydrogen) atoms. The molecule has 1 aromatic carbocycles. The van der Waals surface area contributed by atoms with Crippen molar-refractivity contribution >= 4 is 52.7 Å². The Kier molecular flexibility index (Phi) is 5.46. The van der Waals surface area contributed by atoms with Crippen molar-refractivity contribution in [1.82, 2.24) is 15.1 Å². The van der Waals surface area contributed by atoms with Gasteiger partial charge in [-0.05, 0) is 31.0 Å². The van der Waals surface area contributed by atoms with Gasteiger partial charge in [0.2, 0.25) is 5.91 Å². The van der Waals surface area contributed by atoms with E-state index in [1.165, 1.54) is 4.90 Å². The van der Waals surface area contributed by atoms with E-state index in [9.17, 15) is 14.4 Å². The minimum absolute atomic E-state index is 0. The number of fused-ring (bicyclic) bond motifs is 1. The SMILES string of the molecule is Cl.Cn1nc(N2CCC(=O)NC2=O)c2ccc(N3CCC(C(=O)O)CC3)cc21. The van der Waals surface area contributed by atoms with E-state index in [-0.39, 0.29) is 30.7 Å². The first-order valence-electron chi connectivity index (χ1n) is 9.00. The van der Waals surface area contributed by atoms with Crippen LogP contribution in [-0.4, -0.2) is 52.4 Å². The second-order valence-electron chi connectivity index (χ2n) is 7.00. The van der Waals surface area contributed by atoms with Crippen molar-refractivity contribution in [2.24, 2.45) is 13.0 Å². The number of halogens is 1. The van der Waals surface area contributed by atoms with Crippen molar-refractivity contribution < 1.29 is 19.5 Å². The number of nitrogens with one attached hydrogen (secondary N) is 1. The van der Waals surface area contributed by atoms with Gasteiger partial charge in [0.25, 0.3) is 0 Å². The lowest BCUT2D eigenvalue weighted by Crippen LogP contribution is -2.49. The molecule has 9 nitrogen and oxygen atoms in total. The van der Waals surface area contributed by atoms with Crippen LogP contribution >= 0.6 is 12.4 Å². The van der Waals surface area contributed by atoms with E-state index in [0.717, 1.165) is 16.6 Å². The molecule has 0 bridgehead atoms. The molecule has 2 aliphatic heterocycles. The number of carboxylic acid groups (broad SMARTS) is 1. The molecule has 0 atom stereocenters. The van der Waals surface area contributed by atoms with E-state index in [1.54, 1.807) is 4.68 Å². The lowest BCUT2D eigenvalue weighted by atomic mass is 9.96. The summed E-state index contributed by atoms with van der Waals surface area (Å²) in [6, 6.07) is 5.47. The molecule has 4 rings (SSSR count). The Morgan fingerprint density at radius 3 is 2.57 bits per heavy atom. The highest BCUT2D eigenvalue weighted by atomic mass is 35.5. The summed E-state index contributed by atoms with van der Waals surface area (Å²) in [5, 5.41) is 16.8. The van der Waals surface area contributed by atoms with Crippen molar-refractivity contribution in [2.75, 3.05) is 29.4 Å². The van der Waals surface area contributed by atoms with Crippen LogP contribution in [0.2, 0.25) is 0 Å². The first kappa shape index (κ1) is 19.9. The van der Waals surface area contributed by atoms with Crippen LogP contribution in [0.25, 0.3) is 10.9 Å². The van der Waals surface area contributed by atoms with Crippen molar-refractivity contribution in [3.63, 3.8) is 0 Å². The van der Waals surface area contributed by atoms with Crippen molar-refractivity contribution in [3.8, 4) is 0 Å². The molecule has 0 spiro atoms. The fraction of sp³-hybridized carbons (Fsp3) is 0.444. The fourth-order valence-corrected chi connectivity index (χ4v) is 3.77. The lowest BCUT2D eigenvalue weighted by Gasteiger charge is -2.32. The molecule has 0 radical (unpaired) electrons. The maximum atomic E-state index is 12.1. The molecule has 3 heterocycles. The number of carbonyl (C=O) groups excluding carboxylic acids is 2. The van der Waals surface area contributed by atoms with Crippen LogP contribution in [-0.2, 0) is 16.6 Å². The van der Waals surface area contributed by atoms with Gasteiger partial charge in [-0.25, -0.2) is 4.79 Å². The molecule has 1 aromatic heterocycles. The zero-order valence-electron chi connectivity index (χ0n) is 15.4. The van der Waals surface area contributed by atoms with Crippen LogP contribution in [0.3, 0.4) is 0 Å². The van der Waals surface area contributed by atoms with Gasteiger partial charge in [0.1, 0.15) is 0 Å². The first-order valence-corrected chi connectivity index (χ1v) is 9.00. The van der Waals surface area contributed by atoms with Crippen LogP contribution < -0.4 is 15.1 Å². The summed E-state index contributed by atoms with van der Waals surface area (Å²) in [6.07, 6.45) is 1.51. The van der Waals surface area contributed by atoms with Gasteiger partial charge in [0.05, 0.1) is 11.4 Å². The topological polar surface area (TPSA) is 108 Å². The number of urea groups is 1. The van der Waals surface area contributed by atoms with Gasteiger partial charge in [-0.3, -0.25) is 24.5 Å². The molecule has 0 unspecified atom stereocenters. The van der Waals surface area contributed by atoms with Crippen molar-refractivity contribution in [3.05, 3.63) is 18.2 Å². The third-order valence-corrected chi connectivity index (χ3v) is 5.33. The summed E-state index contributed by atoms with van der Waals surface area (Å²) in [6.45, 7) is 1.70. The molecule has 2 fully saturated rings. The second kappa shape index (κ2) is 7.67. The largest absolute Gasteiger partial charge is 0.481 e. The summed E-state index contributed by atoms with van der Waals surface area (Å²) < 4.78 is 1.72. The Morgan fingerprint density at radius 1 is 1.21 bits per heavy atom. The summed E-state index contributed by atoms with van der Waals surface area (Å²) in [5.41, 5.74) is 1.90. The molecule has 2 saturated heterocycles. The van der Waals surface area contributed by atoms with E-state index in [1.807, 2.05) is 25.2 Å². The van der Waals surface area contributed by atoms with E-state index in [4.69, 9.17) is 5.11 Å². The normalized spacial score (nSPS) is 18.2. The molecule has 3 amide bonds. The number of imide groups is 1. The van der Waals surface area contributed by atoms with Crippen LogP contribution in [0.4, 0.5) is 16.3 Å². The van der Waals surface area contributed by atoms with E-state index in [0.29, 0.717) is 38.3 Å². The Hall–Kier alpha value is -2.81. The highest BCUT2D eigenvalue weighted by Crippen LogP contribution is 2.31. The lowest BCUT2D eigenvalue weighted by molar-refractivity contribution is -0.142. The maximum Gasteiger partial charge on any atom is 0.329 e. The average Bonchev–Trinajstić information content (AvgIpc) is 2.98. The number of rotatable bonds is 3. The van der Waals surface area contributed by atoms with Gasteiger partial charge in [0.15, 0.2) is 5.82 Å². The van der Waals surface area contributed by atoms with Gasteiger partial charge < -0.3 is 10.0 Å². The molecule has 0 saturated carbocycles. The third-order valence-electron chi connectivity index (χ3n) is 5.33. The molecular weight excluding hydrogens is 386 g/mol. The molecule has 10 heteroatoms. The van der Waals surface area contributed by atoms with Crippen LogP contribution in [0.15, 0.2) is 18.2 Å². The quantitative estimate of drug-likeness (QED) is 0.802. The highest BCUT2D eigenvalue weighted by molar-refractivity contribution is 6.09. The molecule has 0 aliphatic carbocycles. The zero-order chi connectivity index (χ0) is 19.1. The second-order valence-corrected chi connectivity index (χ2v) is 7.00. The van der Waals surface area contributed by atoms with Gasteiger partial charge >= 0.3 is 12.0 Å². The Balaban J connectivity index is 0.00000225. The van der Waals surface area contributed by atoms with Crippen LogP contribution in [0.1, 0.15) is 19.3 Å². The minimum atomic E-state index is -0.723. The summed E-state index contributed by atoms with van der Waals surface area (Å²) >= 11 is 0. The highest BCUT2D eigenvalue weighted by Gasteiger charge is 2.29. The number of benzene rings is 1. The smallest absolute Gasteiger partial charge is 0.329 e. The number of piperidine rings is 1. The Labute approximate surface area is 167 Å². The minimum Gasteiger partial charge on any atom is -0.481 e. The van der Waals surface area contributed by atoms with E-state index >= 15 is 0 Å². The van der Waals surface area contributed by atoms with Gasteiger partial charge in [-0.15, -0.1) is 12.4 Å². The third kappa shape index (κ3) is 3.49. The molecule has 150 valence electrons. The number of amides is 3. The van der Waals surface area contributed by atoms with Crippen molar-refractivity contribution in [2.45, 2.75) is 19.3 Å². The van der Waals surface area contributed by atoms with Crippen molar-refractivity contribution in [1.29, 1.82) is 0 Å². The van der Waals surface area contributed by atoms with Gasteiger partial charge in [-0.2, -0.15) is 5.10 Å². The van der Waals surface area contributed by atoms with E-state index < -0.39 is 12.0 Å². The zero-order valence-corrected chi connectivity index (χ0v) is 16.2. The Morgan fingerprint density at radius 2 is 1.93 bits per heavy atom. The number of nitrogens with zero attached hydrogens (tertiary/aromatic N) is 4. The van der Waals surface area contributed by atoms with Crippen LogP contribution in [0, 0.1) is 5.92 Å². The molecular formula is C18H22ClN5O4. The number of carboxylic acids is 1. The van der Waals surface area contributed by atoms with Crippen LogP contribution in [0.5, 0.6) is 0 Å². The summed E-state index contributed by atoms with van der Waals surface area (Å²) in [5.74, 6) is -0.731. The summed E-state index contributed by atoms with van der Waals surface area (Å²) in [7, 11) is 1.82. The number of hydrogen-bond donors (Lipinski definition) is 2. The van der Waals surface area contributed by atoms with Gasteiger partial charge in [-0.1, -0.05) is 0 Å². The van der Waals surface area contributed by atoms with Gasteiger partial charge in [0, 0.05) is 44.2 Å². The number of aryl methyl sites for hydroxylation is 1. The average molecular weight is 408 g/mol. The number of carbonyl (C=O) groups is 3.